The maximum atomic E-state index is 11.7. The molecule has 0 radical (unpaired) electrons. The van der Waals surface area contributed by atoms with Crippen molar-refractivity contribution in [3.63, 3.8) is 0 Å². The highest BCUT2D eigenvalue weighted by Gasteiger charge is 2.27. The van der Waals surface area contributed by atoms with Crippen molar-refractivity contribution in [2.75, 3.05) is 52.2 Å². The highest BCUT2D eigenvalue weighted by Crippen LogP contribution is 2.11. The van der Waals surface area contributed by atoms with Crippen molar-refractivity contribution in [1.29, 1.82) is 0 Å². The maximum absolute atomic E-state index is 11.7. The predicted octanol–water partition coefficient (Wildman–Crippen LogP) is 0.112. The largest absolute Gasteiger partial charge is 0.492 e. The minimum absolute atomic E-state index is 0.0289. The van der Waals surface area contributed by atoms with Crippen molar-refractivity contribution in [3.05, 3.63) is 30.3 Å². The zero-order valence-corrected chi connectivity index (χ0v) is 15.0. The van der Waals surface area contributed by atoms with Crippen LogP contribution in [0.2, 0.25) is 0 Å². The summed E-state index contributed by atoms with van der Waals surface area (Å²) in [4.78, 5) is 13.0. The minimum Gasteiger partial charge on any atom is -0.492 e. The fourth-order valence-corrected chi connectivity index (χ4v) is 3.38. The summed E-state index contributed by atoms with van der Waals surface area (Å²) in [5.74, 6) is -0.383. The van der Waals surface area contributed by atoms with E-state index < -0.39 is 22.5 Å². The summed E-state index contributed by atoms with van der Waals surface area (Å²) in [7, 11) is -3.60. The number of morpholine rings is 1. The van der Waals surface area contributed by atoms with Gasteiger partial charge in [0.2, 0.25) is 10.0 Å². The van der Waals surface area contributed by atoms with Crippen molar-refractivity contribution in [3.8, 4) is 5.75 Å². The molecule has 1 aliphatic heterocycles. The third kappa shape index (κ3) is 6.99. The standard InChI is InChI=1S/C16H24N2O6S/c1-25(21,22)18(13-16(19)20)12-15-11-17(8-10-24-15)7-9-23-14-5-3-2-4-6-14/h2-6,15H,7-13H2,1H3,(H,19,20). The molecule has 1 unspecified atom stereocenters. The molecule has 25 heavy (non-hydrogen) atoms. The number of benzene rings is 1. The van der Waals surface area contributed by atoms with E-state index >= 15 is 0 Å². The first kappa shape index (κ1) is 19.6. The van der Waals surface area contributed by atoms with Gasteiger partial charge in [0.1, 0.15) is 18.9 Å². The first-order valence-electron chi connectivity index (χ1n) is 8.03. The zero-order valence-electron chi connectivity index (χ0n) is 14.2. The average Bonchev–Trinajstić information content (AvgIpc) is 2.54. The van der Waals surface area contributed by atoms with Crippen LogP contribution >= 0.6 is 0 Å². The number of sulfonamides is 1. The van der Waals surface area contributed by atoms with Gasteiger partial charge in [-0.3, -0.25) is 9.69 Å². The molecular formula is C16H24N2O6S. The van der Waals surface area contributed by atoms with Crippen LogP contribution in [-0.2, 0) is 19.6 Å². The van der Waals surface area contributed by atoms with Gasteiger partial charge >= 0.3 is 5.97 Å². The first-order chi connectivity index (χ1) is 11.8. The van der Waals surface area contributed by atoms with Crippen LogP contribution in [-0.4, -0.2) is 87.0 Å². The second-order valence-corrected chi connectivity index (χ2v) is 7.89. The Morgan fingerprint density at radius 2 is 2.12 bits per heavy atom. The fraction of sp³-hybridized carbons (Fsp3) is 0.562. The molecule has 1 saturated heterocycles. The Kier molecular flexibility index (Phi) is 7.18. The van der Waals surface area contributed by atoms with Crippen LogP contribution in [0.3, 0.4) is 0 Å². The van der Waals surface area contributed by atoms with Crippen molar-refractivity contribution in [1.82, 2.24) is 9.21 Å². The van der Waals surface area contributed by atoms with E-state index in [9.17, 15) is 13.2 Å². The number of carbonyl (C=O) groups is 1. The average molecular weight is 372 g/mol. The molecule has 1 N–H and O–H groups in total. The lowest BCUT2D eigenvalue weighted by Crippen LogP contribution is -2.50. The number of nitrogens with zero attached hydrogens (tertiary/aromatic N) is 2. The number of carboxylic acid groups (broad SMARTS) is 1. The number of rotatable bonds is 9. The maximum Gasteiger partial charge on any atom is 0.318 e. The molecule has 1 fully saturated rings. The van der Waals surface area contributed by atoms with Gasteiger partial charge in [-0.25, -0.2) is 8.42 Å². The highest BCUT2D eigenvalue weighted by atomic mass is 32.2. The van der Waals surface area contributed by atoms with Crippen LogP contribution in [0, 0.1) is 0 Å². The molecular weight excluding hydrogens is 348 g/mol. The molecule has 1 heterocycles. The first-order valence-corrected chi connectivity index (χ1v) is 9.88. The fourth-order valence-electron chi connectivity index (χ4n) is 2.60. The van der Waals surface area contributed by atoms with Crippen LogP contribution in [0.15, 0.2) is 30.3 Å². The number of para-hydroxylation sites is 1. The lowest BCUT2D eigenvalue weighted by Gasteiger charge is -2.34. The molecule has 1 atom stereocenters. The van der Waals surface area contributed by atoms with E-state index in [-0.39, 0.29) is 12.6 Å². The Balaban J connectivity index is 1.82. The molecule has 9 heteroatoms. The zero-order chi connectivity index (χ0) is 18.3. The topological polar surface area (TPSA) is 96.4 Å². The van der Waals surface area contributed by atoms with Crippen molar-refractivity contribution in [2.45, 2.75) is 6.10 Å². The monoisotopic (exact) mass is 372 g/mol. The van der Waals surface area contributed by atoms with Gasteiger partial charge < -0.3 is 14.6 Å². The molecule has 140 valence electrons. The summed E-state index contributed by atoms with van der Waals surface area (Å²) >= 11 is 0. The molecule has 0 aromatic heterocycles. The van der Waals surface area contributed by atoms with Gasteiger partial charge in [0, 0.05) is 26.2 Å². The summed E-state index contributed by atoms with van der Waals surface area (Å²) in [5, 5.41) is 8.88. The summed E-state index contributed by atoms with van der Waals surface area (Å²) in [6.45, 7) is 2.40. The molecule has 0 spiro atoms. The van der Waals surface area contributed by atoms with Gasteiger partial charge in [-0.1, -0.05) is 18.2 Å². The predicted molar refractivity (Wildman–Crippen MR) is 92.2 cm³/mol. The Morgan fingerprint density at radius 3 is 2.76 bits per heavy atom. The van der Waals surface area contributed by atoms with Crippen molar-refractivity contribution in [2.24, 2.45) is 0 Å². The Hall–Kier alpha value is -1.68. The summed E-state index contributed by atoms with van der Waals surface area (Å²) < 4.78 is 35.6. The van der Waals surface area contributed by atoms with Gasteiger partial charge in [-0.2, -0.15) is 4.31 Å². The van der Waals surface area contributed by atoms with Crippen LogP contribution < -0.4 is 4.74 Å². The van der Waals surface area contributed by atoms with E-state index in [1.165, 1.54) is 0 Å². The quantitative estimate of drug-likeness (QED) is 0.657. The SMILES string of the molecule is CS(=O)(=O)N(CC(=O)O)CC1CN(CCOc2ccccc2)CCO1. The Labute approximate surface area is 148 Å². The van der Waals surface area contributed by atoms with Gasteiger partial charge in [0.15, 0.2) is 0 Å². The molecule has 0 amide bonds. The summed E-state index contributed by atoms with van der Waals surface area (Å²) in [6.07, 6.45) is 0.643. The van der Waals surface area contributed by atoms with E-state index in [1.54, 1.807) is 0 Å². The van der Waals surface area contributed by atoms with Crippen LogP contribution in [0.25, 0.3) is 0 Å². The number of hydrogen-bond donors (Lipinski definition) is 1. The summed E-state index contributed by atoms with van der Waals surface area (Å²) in [6, 6.07) is 9.50. The molecule has 2 rings (SSSR count). The molecule has 1 aromatic rings. The molecule has 1 aromatic carbocycles. The van der Waals surface area contributed by atoms with E-state index in [2.05, 4.69) is 4.90 Å². The van der Waals surface area contributed by atoms with E-state index in [0.717, 1.165) is 22.9 Å². The van der Waals surface area contributed by atoms with Gasteiger partial charge in [0.25, 0.3) is 0 Å². The highest BCUT2D eigenvalue weighted by molar-refractivity contribution is 7.88. The Morgan fingerprint density at radius 1 is 1.40 bits per heavy atom. The van der Waals surface area contributed by atoms with Gasteiger partial charge in [-0.05, 0) is 12.1 Å². The molecule has 0 aliphatic carbocycles. The molecule has 0 bridgehead atoms. The number of hydrogen-bond acceptors (Lipinski definition) is 6. The van der Waals surface area contributed by atoms with Crippen LogP contribution in [0.5, 0.6) is 5.75 Å². The van der Waals surface area contributed by atoms with E-state index in [4.69, 9.17) is 14.6 Å². The number of carboxylic acids is 1. The van der Waals surface area contributed by atoms with Gasteiger partial charge in [-0.15, -0.1) is 0 Å². The third-order valence-electron chi connectivity index (χ3n) is 3.83. The molecule has 0 saturated carbocycles. The van der Waals surface area contributed by atoms with Crippen LogP contribution in [0.1, 0.15) is 0 Å². The lowest BCUT2D eigenvalue weighted by atomic mass is 10.2. The molecule has 1 aliphatic rings. The second-order valence-electron chi connectivity index (χ2n) is 5.90. The molecule has 8 nitrogen and oxygen atoms in total. The lowest BCUT2D eigenvalue weighted by molar-refractivity contribution is -0.137. The number of ether oxygens (including phenoxy) is 2. The minimum atomic E-state index is -3.60. The van der Waals surface area contributed by atoms with Crippen LogP contribution in [0.4, 0.5) is 0 Å². The summed E-state index contributed by atoms with van der Waals surface area (Å²) in [5.41, 5.74) is 0. The van der Waals surface area contributed by atoms with Crippen molar-refractivity contribution < 1.29 is 27.8 Å². The van der Waals surface area contributed by atoms with E-state index in [1.807, 2.05) is 30.3 Å². The normalized spacial score (nSPS) is 19.0. The van der Waals surface area contributed by atoms with Gasteiger partial charge in [0.05, 0.1) is 19.0 Å². The number of aliphatic carboxylic acids is 1. The van der Waals surface area contributed by atoms with Crippen molar-refractivity contribution >= 4 is 16.0 Å². The Bertz CT molecular complexity index is 652. The third-order valence-corrected chi connectivity index (χ3v) is 5.05. The van der Waals surface area contributed by atoms with E-state index in [0.29, 0.717) is 26.3 Å². The second kappa shape index (κ2) is 9.14. The smallest absolute Gasteiger partial charge is 0.318 e.